The Kier molecular flexibility index (Phi) is 4.64. The highest BCUT2D eigenvalue weighted by Crippen LogP contribution is 2.26. The van der Waals surface area contributed by atoms with Crippen LogP contribution in [-0.4, -0.2) is 13.9 Å². The zero-order chi connectivity index (χ0) is 12.3. The molecule has 0 bridgehead atoms. The zero-order valence-electron chi connectivity index (χ0n) is 8.63. The Hall–Kier alpha value is -0.720. The minimum Gasteiger partial charge on any atom is -0.381 e. The number of allylic oxidation sites excluding steroid dienone is 2. The lowest BCUT2D eigenvalue weighted by Crippen LogP contribution is -2.24. The molecule has 0 saturated heterocycles. The van der Waals surface area contributed by atoms with Gasteiger partial charge >= 0.3 is 15.6 Å². The van der Waals surface area contributed by atoms with Gasteiger partial charge in [-0.3, -0.25) is 0 Å². The van der Waals surface area contributed by atoms with E-state index < -0.39 is 15.6 Å². The number of hydrogen-bond acceptors (Lipinski definition) is 3. The van der Waals surface area contributed by atoms with Crippen molar-refractivity contribution in [2.24, 2.45) is 5.92 Å². The van der Waals surface area contributed by atoms with Crippen LogP contribution < -0.4 is 0 Å². The van der Waals surface area contributed by atoms with Crippen LogP contribution in [0.2, 0.25) is 0 Å². The summed E-state index contributed by atoms with van der Waals surface area (Å²) >= 11 is 0. The van der Waals surface area contributed by atoms with Gasteiger partial charge < -0.3 is 4.18 Å². The number of halogens is 3. The van der Waals surface area contributed by atoms with E-state index in [9.17, 15) is 21.6 Å². The van der Waals surface area contributed by atoms with Gasteiger partial charge in [-0.15, -0.1) is 0 Å². The molecule has 0 aromatic carbocycles. The second-order valence-electron chi connectivity index (χ2n) is 3.43. The summed E-state index contributed by atoms with van der Waals surface area (Å²) in [5.41, 5.74) is -5.38. The average molecular weight is 246 g/mol. The van der Waals surface area contributed by atoms with Gasteiger partial charge in [-0.2, -0.15) is 21.6 Å². The van der Waals surface area contributed by atoms with E-state index in [2.05, 4.69) is 4.18 Å². The highest BCUT2D eigenvalue weighted by Gasteiger charge is 2.48. The van der Waals surface area contributed by atoms with E-state index in [1.54, 1.807) is 0 Å². The second kappa shape index (κ2) is 4.87. The summed E-state index contributed by atoms with van der Waals surface area (Å²) in [6.07, 6.45) is 1.77. The molecule has 0 radical (unpaired) electrons. The van der Waals surface area contributed by atoms with E-state index in [1.165, 1.54) is 13.0 Å². The third-order valence-electron chi connectivity index (χ3n) is 1.40. The van der Waals surface area contributed by atoms with Crippen LogP contribution in [0.3, 0.4) is 0 Å². The van der Waals surface area contributed by atoms with E-state index in [0.717, 1.165) is 0 Å². The quantitative estimate of drug-likeness (QED) is 0.435. The smallest absolute Gasteiger partial charge is 0.381 e. The van der Waals surface area contributed by atoms with Gasteiger partial charge in [-0.25, -0.2) is 0 Å². The largest absolute Gasteiger partial charge is 0.534 e. The van der Waals surface area contributed by atoms with Crippen LogP contribution in [0, 0.1) is 5.92 Å². The highest BCUT2D eigenvalue weighted by atomic mass is 32.2. The summed E-state index contributed by atoms with van der Waals surface area (Å²) in [6, 6.07) is 0. The molecular formula is C8H13F3O3S. The number of alkyl halides is 3. The fourth-order valence-corrected chi connectivity index (χ4v) is 1.16. The van der Waals surface area contributed by atoms with Crippen molar-refractivity contribution in [1.82, 2.24) is 0 Å². The Balaban J connectivity index is 4.56. The summed E-state index contributed by atoms with van der Waals surface area (Å²) in [6.45, 7) is 4.87. The summed E-state index contributed by atoms with van der Waals surface area (Å²) in [5.74, 6) is -0.0434. The molecule has 7 heteroatoms. The standard InChI is InChI=1S/C8H13F3O3S/c1-6(2)4-5-7(3)14-15(12,13)8(9,10)11/h5-6H,4H2,1-3H3/b7-5+. The maximum absolute atomic E-state index is 11.9. The summed E-state index contributed by atoms with van der Waals surface area (Å²) in [7, 11) is -5.51. The molecular weight excluding hydrogens is 233 g/mol. The van der Waals surface area contributed by atoms with Crippen molar-refractivity contribution in [1.29, 1.82) is 0 Å². The van der Waals surface area contributed by atoms with E-state index in [1.807, 2.05) is 13.8 Å². The predicted octanol–water partition coefficient (Wildman–Crippen LogP) is 2.80. The number of rotatable bonds is 4. The first-order chi connectivity index (χ1) is 6.56. The van der Waals surface area contributed by atoms with E-state index in [-0.39, 0.29) is 11.7 Å². The lowest BCUT2D eigenvalue weighted by Gasteiger charge is -2.09. The van der Waals surface area contributed by atoms with Crippen molar-refractivity contribution in [2.45, 2.75) is 32.7 Å². The van der Waals surface area contributed by atoms with Crippen LogP contribution in [0.5, 0.6) is 0 Å². The number of hydrogen-bond donors (Lipinski definition) is 0. The van der Waals surface area contributed by atoms with Gasteiger partial charge in [0.2, 0.25) is 0 Å². The first-order valence-corrected chi connectivity index (χ1v) is 5.64. The van der Waals surface area contributed by atoms with Crippen LogP contribution in [-0.2, 0) is 14.3 Å². The second-order valence-corrected chi connectivity index (χ2v) is 4.97. The van der Waals surface area contributed by atoms with Crippen molar-refractivity contribution in [3.63, 3.8) is 0 Å². The molecule has 0 aromatic rings. The van der Waals surface area contributed by atoms with Gasteiger partial charge in [0.1, 0.15) is 5.76 Å². The molecule has 0 heterocycles. The third-order valence-corrected chi connectivity index (χ3v) is 2.45. The van der Waals surface area contributed by atoms with Crippen molar-refractivity contribution < 1.29 is 25.8 Å². The molecule has 0 atom stereocenters. The molecule has 0 unspecified atom stereocenters. The van der Waals surface area contributed by atoms with Crippen LogP contribution in [0.1, 0.15) is 27.2 Å². The monoisotopic (exact) mass is 246 g/mol. The van der Waals surface area contributed by atoms with Crippen LogP contribution in [0.4, 0.5) is 13.2 Å². The third kappa shape index (κ3) is 5.06. The van der Waals surface area contributed by atoms with Crippen LogP contribution >= 0.6 is 0 Å². The Morgan fingerprint density at radius 1 is 1.40 bits per heavy atom. The van der Waals surface area contributed by atoms with Crippen molar-refractivity contribution in [2.75, 3.05) is 0 Å². The molecule has 0 aromatic heterocycles. The molecule has 3 nitrogen and oxygen atoms in total. The topological polar surface area (TPSA) is 43.4 Å². The van der Waals surface area contributed by atoms with Gasteiger partial charge in [-0.05, 0) is 25.3 Å². The zero-order valence-corrected chi connectivity index (χ0v) is 9.45. The molecule has 0 aliphatic rings. The first kappa shape index (κ1) is 14.3. The lowest BCUT2D eigenvalue weighted by molar-refractivity contribution is -0.0521. The molecule has 0 N–H and O–H groups in total. The van der Waals surface area contributed by atoms with Crippen LogP contribution in [0.15, 0.2) is 11.8 Å². The molecule has 15 heavy (non-hydrogen) atoms. The summed E-state index contributed by atoms with van der Waals surface area (Å²) in [5, 5.41) is 0. The van der Waals surface area contributed by atoms with Gasteiger partial charge in [0.25, 0.3) is 0 Å². The van der Waals surface area contributed by atoms with Crippen molar-refractivity contribution in [3.8, 4) is 0 Å². The fourth-order valence-electron chi connectivity index (χ4n) is 0.656. The Morgan fingerprint density at radius 3 is 2.20 bits per heavy atom. The minimum absolute atomic E-state index is 0.220. The van der Waals surface area contributed by atoms with Crippen molar-refractivity contribution >= 4 is 10.1 Å². The van der Waals surface area contributed by atoms with E-state index in [0.29, 0.717) is 6.42 Å². The lowest BCUT2D eigenvalue weighted by atomic mass is 10.1. The summed E-state index contributed by atoms with van der Waals surface area (Å²) in [4.78, 5) is 0. The normalized spacial score (nSPS) is 14.5. The van der Waals surface area contributed by atoms with E-state index >= 15 is 0 Å². The Labute approximate surface area is 87.0 Å². The van der Waals surface area contributed by atoms with Crippen LogP contribution in [0.25, 0.3) is 0 Å². The molecule has 0 aliphatic heterocycles. The summed E-state index contributed by atoms with van der Waals surface area (Å²) < 4.78 is 60.5. The molecule has 0 saturated carbocycles. The maximum atomic E-state index is 11.9. The van der Waals surface area contributed by atoms with Gasteiger partial charge in [0.05, 0.1) is 0 Å². The van der Waals surface area contributed by atoms with Gasteiger partial charge in [0, 0.05) is 0 Å². The molecule has 0 fully saturated rings. The SMILES string of the molecule is C/C(=C\CC(C)C)OS(=O)(=O)C(F)(F)F. The molecule has 0 aliphatic carbocycles. The van der Waals surface area contributed by atoms with E-state index in [4.69, 9.17) is 0 Å². The first-order valence-electron chi connectivity index (χ1n) is 4.24. The maximum Gasteiger partial charge on any atom is 0.534 e. The molecule has 0 rings (SSSR count). The molecule has 0 spiro atoms. The molecule has 90 valence electrons. The van der Waals surface area contributed by atoms with Gasteiger partial charge in [0.15, 0.2) is 0 Å². The Bertz CT molecular complexity index is 328. The highest BCUT2D eigenvalue weighted by molar-refractivity contribution is 7.87. The predicted molar refractivity (Wildman–Crippen MR) is 49.3 cm³/mol. The Morgan fingerprint density at radius 2 is 1.87 bits per heavy atom. The minimum atomic E-state index is -5.51. The molecule has 0 amide bonds. The van der Waals surface area contributed by atoms with Gasteiger partial charge in [-0.1, -0.05) is 13.8 Å². The van der Waals surface area contributed by atoms with Crippen molar-refractivity contribution in [3.05, 3.63) is 11.8 Å². The average Bonchev–Trinajstić information content (AvgIpc) is 1.97. The fraction of sp³-hybridized carbons (Fsp3) is 0.750.